The topological polar surface area (TPSA) is 35.6 Å². The molecule has 10 aromatic rings. The van der Waals surface area contributed by atoms with Crippen LogP contribution in [0.25, 0.3) is 85.9 Å². The van der Waals surface area contributed by atoms with Crippen molar-refractivity contribution < 1.29 is 4.39 Å². The minimum absolute atomic E-state index is 0.0697. The molecule has 0 spiro atoms. The van der Waals surface area contributed by atoms with Gasteiger partial charge in [0.15, 0.2) is 0 Å². The van der Waals surface area contributed by atoms with Crippen LogP contribution in [-0.4, -0.2) is 33.6 Å². The summed E-state index contributed by atoms with van der Waals surface area (Å²) in [7, 11) is 0. The standard InChI is InChI=1S/C40H23FN4Se/c41-36-39(44-31-19-6-1-12-24(31)25-13-2-7-20-32(25)44)42-38(30-18-11-17-29-28-16-5-10-23-35(28)46-37(29)30)43-40(36)45-33-21-8-3-14-26(33)27-15-4-9-22-34(27)45/h1-23H. The van der Waals surface area contributed by atoms with E-state index in [0.717, 1.165) is 49.2 Å². The maximum absolute atomic E-state index is 17.5. The Bertz CT molecular complexity index is 2600. The number of nitrogens with zero attached hydrogens (tertiary/aromatic N) is 4. The van der Waals surface area contributed by atoms with Crippen molar-refractivity contribution in [3.8, 4) is 23.0 Å². The molecule has 4 nitrogen and oxygen atoms in total. The molecule has 0 radical (unpaired) electrons. The molecule has 0 aliphatic rings. The molecule has 0 saturated heterocycles. The Morgan fingerprint density at radius 1 is 0.435 bits per heavy atom. The molecule has 216 valence electrons. The Kier molecular flexibility index (Phi) is 5.44. The Morgan fingerprint density at radius 2 is 0.848 bits per heavy atom. The molecule has 0 amide bonds. The zero-order valence-corrected chi connectivity index (χ0v) is 26.1. The molecule has 6 aromatic carbocycles. The second-order valence-corrected chi connectivity index (χ2v) is 13.7. The van der Waals surface area contributed by atoms with Crippen molar-refractivity contribution in [1.29, 1.82) is 0 Å². The van der Waals surface area contributed by atoms with Crippen LogP contribution in [0.1, 0.15) is 0 Å². The van der Waals surface area contributed by atoms with Gasteiger partial charge in [-0.3, -0.25) is 0 Å². The van der Waals surface area contributed by atoms with E-state index in [1.807, 2.05) is 81.9 Å². The average Bonchev–Trinajstić information content (AvgIpc) is 3.77. The summed E-state index contributed by atoms with van der Waals surface area (Å²) in [6.07, 6.45) is 0. The minimum atomic E-state index is -0.469. The first kappa shape index (κ1) is 25.7. The fraction of sp³-hybridized carbons (Fsp3) is 0. The van der Waals surface area contributed by atoms with Gasteiger partial charge >= 0.3 is 269 Å². The average molecular weight is 658 g/mol. The fourth-order valence-corrected chi connectivity index (χ4v) is 9.61. The van der Waals surface area contributed by atoms with Crippen LogP contribution in [0.5, 0.6) is 0 Å². The number of para-hydroxylation sites is 4. The number of benzene rings is 6. The van der Waals surface area contributed by atoms with Gasteiger partial charge in [0.1, 0.15) is 0 Å². The molecule has 0 saturated carbocycles. The van der Waals surface area contributed by atoms with E-state index in [1.165, 1.54) is 19.3 Å². The number of hydrogen-bond acceptors (Lipinski definition) is 2. The molecule has 0 unspecified atom stereocenters. The van der Waals surface area contributed by atoms with Crippen LogP contribution in [-0.2, 0) is 0 Å². The first-order valence-corrected chi connectivity index (χ1v) is 16.9. The van der Waals surface area contributed by atoms with Gasteiger partial charge in [0, 0.05) is 0 Å². The van der Waals surface area contributed by atoms with E-state index < -0.39 is 5.82 Å². The molecule has 0 aliphatic heterocycles. The predicted octanol–water partition coefficient (Wildman–Crippen LogP) is 9.84. The molecule has 0 aliphatic carbocycles. The van der Waals surface area contributed by atoms with E-state index in [2.05, 4.69) is 66.7 Å². The molecule has 6 heteroatoms. The second-order valence-electron chi connectivity index (χ2n) is 11.5. The summed E-state index contributed by atoms with van der Waals surface area (Å²) in [5, 5.41) is 6.67. The summed E-state index contributed by atoms with van der Waals surface area (Å²) in [4.78, 5) is 10.3. The van der Waals surface area contributed by atoms with Gasteiger partial charge in [0.05, 0.1) is 0 Å². The van der Waals surface area contributed by atoms with Crippen molar-refractivity contribution >= 4 is 77.4 Å². The third-order valence-electron chi connectivity index (χ3n) is 9.05. The SMILES string of the molecule is Fc1c(-n2c3ccccc3c3ccccc32)nc(-c2cccc3c2[se]c2ccccc23)nc1-n1c2ccccc2c2ccccc21. The predicted molar refractivity (Wildman–Crippen MR) is 188 cm³/mol. The van der Waals surface area contributed by atoms with Gasteiger partial charge in [0.25, 0.3) is 0 Å². The Balaban J connectivity index is 1.38. The first-order valence-electron chi connectivity index (χ1n) is 15.2. The van der Waals surface area contributed by atoms with E-state index in [4.69, 9.17) is 9.97 Å². The molecule has 0 bridgehead atoms. The normalized spacial score (nSPS) is 12.0. The van der Waals surface area contributed by atoms with E-state index in [9.17, 15) is 0 Å². The summed E-state index contributed by atoms with van der Waals surface area (Å²) in [5.41, 5.74) is 4.54. The van der Waals surface area contributed by atoms with Crippen LogP contribution in [0.15, 0.2) is 140 Å². The van der Waals surface area contributed by atoms with Gasteiger partial charge in [-0.05, 0) is 0 Å². The molecule has 46 heavy (non-hydrogen) atoms. The van der Waals surface area contributed by atoms with Crippen molar-refractivity contribution in [2.45, 2.75) is 0 Å². The zero-order valence-electron chi connectivity index (χ0n) is 24.4. The van der Waals surface area contributed by atoms with Crippen LogP contribution < -0.4 is 0 Å². The summed E-state index contributed by atoms with van der Waals surface area (Å²) >= 11 is 0.0697. The van der Waals surface area contributed by atoms with Crippen LogP contribution in [0.2, 0.25) is 0 Å². The van der Waals surface area contributed by atoms with Gasteiger partial charge in [-0.25, -0.2) is 0 Å². The van der Waals surface area contributed by atoms with Crippen LogP contribution in [0.3, 0.4) is 0 Å². The molecule has 0 N–H and O–H groups in total. The molecule has 0 atom stereocenters. The van der Waals surface area contributed by atoms with E-state index in [1.54, 1.807) is 0 Å². The third kappa shape index (κ3) is 3.54. The van der Waals surface area contributed by atoms with Gasteiger partial charge in [-0.15, -0.1) is 0 Å². The molecule has 10 rings (SSSR count). The number of halogens is 1. The molecular formula is C40H23FN4Se. The number of fused-ring (bicyclic) bond motifs is 9. The summed E-state index contributed by atoms with van der Waals surface area (Å²) in [5.74, 6) is 0.518. The summed E-state index contributed by atoms with van der Waals surface area (Å²) < 4.78 is 24.0. The fourth-order valence-electron chi connectivity index (χ4n) is 7.07. The quantitative estimate of drug-likeness (QED) is 0.177. The van der Waals surface area contributed by atoms with Gasteiger partial charge in [-0.1, -0.05) is 0 Å². The monoisotopic (exact) mass is 658 g/mol. The van der Waals surface area contributed by atoms with E-state index in [0.29, 0.717) is 5.82 Å². The molecular weight excluding hydrogens is 634 g/mol. The van der Waals surface area contributed by atoms with Gasteiger partial charge in [-0.2, -0.15) is 0 Å². The zero-order chi connectivity index (χ0) is 30.4. The number of aromatic nitrogens is 4. The van der Waals surface area contributed by atoms with Crippen LogP contribution >= 0.6 is 0 Å². The summed E-state index contributed by atoms with van der Waals surface area (Å²) in [6, 6.07) is 47.5. The summed E-state index contributed by atoms with van der Waals surface area (Å²) in [6.45, 7) is 0. The molecule has 4 heterocycles. The van der Waals surface area contributed by atoms with Gasteiger partial charge < -0.3 is 0 Å². The maximum atomic E-state index is 17.5. The first-order chi connectivity index (χ1) is 22.8. The van der Waals surface area contributed by atoms with Crippen molar-refractivity contribution in [2.75, 3.05) is 0 Å². The van der Waals surface area contributed by atoms with E-state index in [-0.39, 0.29) is 26.1 Å². The van der Waals surface area contributed by atoms with Crippen molar-refractivity contribution in [3.63, 3.8) is 0 Å². The van der Waals surface area contributed by atoms with E-state index >= 15 is 4.39 Å². The number of rotatable bonds is 3. The van der Waals surface area contributed by atoms with Crippen molar-refractivity contribution in [1.82, 2.24) is 19.1 Å². The Labute approximate surface area is 268 Å². The Morgan fingerprint density at radius 3 is 1.35 bits per heavy atom. The molecule has 0 fully saturated rings. The second kappa shape index (κ2) is 9.72. The van der Waals surface area contributed by atoms with Gasteiger partial charge in [0.2, 0.25) is 0 Å². The number of hydrogen-bond donors (Lipinski definition) is 0. The third-order valence-corrected chi connectivity index (χ3v) is 11.6. The Hall–Kier alpha value is -5.55. The van der Waals surface area contributed by atoms with Crippen molar-refractivity contribution in [3.05, 3.63) is 145 Å². The van der Waals surface area contributed by atoms with Crippen molar-refractivity contribution in [2.24, 2.45) is 0 Å². The molecule has 4 aromatic heterocycles. The van der Waals surface area contributed by atoms with Crippen LogP contribution in [0, 0.1) is 5.82 Å². The van der Waals surface area contributed by atoms with Crippen LogP contribution in [0.4, 0.5) is 4.39 Å².